The quantitative estimate of drug-likeness (QED) is 0.502. The number of nitrogens with zero attached hydrogens (tertiary/aromatic N) is 1. The van der Waals surface area contributed by atoms with Crippen LogP contribution < -0.4 is 10.6 Å². The first-order valence-electron chi connectivity index (χ1n) is 8.42. The Hall–Kier alpha value is -1.11. The Kier molecular flexibility index (Phi) is 7.33. The lowest BCUT2D eigenvalue weighted by Gasteiger charge is -2.25. The van der Waals surface area contributed by atoms with E-state index in [9.17, 15) is 5.11 Å². The van der Waals surface area contributed by atoms with Crippen molar-refractivity contribution in [3.05, 3.63) is 22.4 Å². The highest BCUT2D eigenvalue weighted by Gasteiger charge is 2.34. The fourth-order valence-electron chi connectivity index (χ4n) is 2.80. The number of guanidine groups is 1. The summed E-state index contributed by atoms with van der Waals surface area (Å²) in [5.41, 5.74) is 1.36. The van der Waals surface area contributed by atoms with E-state index in [4.69, 9.17) is 9.73 Å². The van der Waals surface area contributed by atoms with Gasteiger partial charge >= 0.3 is 0 Å². The summed E-state index contributed by atoms with van der Waals surface area (Å²) in [5, 5.41) is 20.4. The van der Waals surface area contributed by atoms with Gasteiger partial charge in [-0.3, -0.25) is 4.99 Å². The van der Waals surface area contributed by atoms with Gasteiger partial charge in [0.1, 0.15) is 0 Å². The Bertz CT molecular complexity index is 470. The van der Waals surface area contributed by atoms with Gasteiger partial charge in [0.15, 0.2) is 5.96 Å². The summed E-state index contributed by atoms with van der Waals surface area (Å²) >= 11 is 1.73. The van der Waals surface area contributed by atoms with Gasteiger partial charge in [-0.1, -0.05) is 6.92 Å². The molecule has 2 unspecified atom stereocenters. The van der Waals surface area contributed by atoms with E-state index in [-0.39, 0.29) is 12.0 Å². The number of ether oxygens (including phenoxy) is 1. The average Bonchev–Trinajstić information content (AvgIpc) is 3.22. The van der Waals surface area contributed by atoms with Crippen LogP contribution in [0.3, 0.4) is 0 Å². The van der Waals surface area contributed by atoms with Gasteiger partial charge in [0, 0.05) is 31.7 Å². The van der Waals surface area contributed by atoms with Gasteiger partial charge in [-0.25, -0.2) is 0 Å². The third-order valence-corrected chi connectivity index (χ3v) is 5.13. The zero-order chi connectivity index (χ0) is 16.5. The van der Waals surface area contributed by atoms with E-state index in [1.807, 2.05) is 0 Å². The van der Waals surface area contributed by atoms with Gasteiger partial charge < -0.3 is 20.5 Å². The molecule has 0 bridgehead atoms. The summed E-state index contributed by atoms with van der Waals surface area (Å²) in [7, 11) is 0. The van der Waals surface area contributed by atoms with E-state index in [1.165, 1.54) is 5.56 Å². The molecule has 5 nitrogen and oxygen atoms in total. The number of thiophene rings is 1. The Morgan fingerprint density at radius 2 is 2.39 bits per heavy atom. The van der Waals surface area contributed by atoms with E-state index >= 15 is 0 Å². The molecule has 1 aromatic rings. The molecule has 0 aromatic carbocycles. The third-order valence-electron chi connectivity index (χ3n) is 4.43. The van der Waals surface area contributed by atoms with E-state index in [2.05, 4.69) is 41.3 Å². The van der Waals surface area contributed by atoms with Crippen molar-refractivity contribution in [2.24, 2.45) is 10.4 Å². The van der Waals surface area contributed by atoms with Gasteiger partial charge in [0.25, 0.3) is 0 Å². The molecule has 0 amide bonds. The number of hydrogen-bond donors (Lipinski definition) is 3. The first-order valence-corrected chi connectivity index (χ1v) is 9.36. The average molecular weight is 340 g/mol. The largest absolute Gasteiger partial charge is 0.396 e. The number of aliphatic hydroxyl groups excluding tert-OH is 1. The predicted octanol–water partition coefficient (Wildman–Crippen LogP) is 2.20. The van der Waals surface area contributed by atoms with Crippen LogP contribution in [-0.2, 0) is 4.74 Å². The summed E-state index contributed by atoms with van der Waals surface area (Å²) in [5.74, 6) is 1.30. The molecule has 1 saturated heterocycles. The fourth-order valence-corrected chi connectivity index (χ4v) is 3.58. The highest BCUT2D eigenvalue weighted by Crippen LogP contribution is 2.32. The van der Waals surface area contributed by atoms with E-state index in [0.29, 0.717) is 19.1 Å². The summed E-state index contributed by atoms with van der Waals surface area (Å²) in [4.78, 5) is 4.75. The monoisotopic (exact) mass is 339 g/mol. The minimum atomic E-state index is -0.00389. The minimum Gasteiger partial charge on any atom is -0.396 e. The molecule has 3 N–H and O–H groups in total. The Morgan fingerprint density at radius 3 is 3.00 bits per heavy atom. The van der Waals surface area contributed by atoms with Crippen molar-refractivity contribution < 1.29 is 9.84 Å². The zero-order valence-corrected chi connectivity index (χ0v) is 15.0. The van der Waals surface area contributed by atoms with Crippen LogP contribution in [0.15, 0.2) is 21.8 Å². The summed E-state index contributed by atoms with van der Waals surface area (Å²) in [6, 6.07) is 2.17. The zero-order valence-electron chi connectivity index (χ0n) is 14.2. The van der Waals surface area contributed by atoms with Crippen LogP contribution in [0, 0.1) is 5.41 Å². The maximum atomic E-state index is 9.31. The number of nitrogens with one attached hydrogen (secondary N) is 2. The molecular weight excluding hydrogens is 310 g/mol. The van der Waals surface area contributed by atoms with Crippen LogP contribution in [-0.4, -0.2) is 50.5 Å². The number of aliphatic imine (C=N–C) groups is 1. The maximum Gasteiger partial charge on any atom is 0.191 e. The number of aliphatic hydroxyl groups is 1. The molecule has 0 aliphatic carbocycles. The van der Waals surface area contributed by atoms with E-state index in [0.717, 1.165) is 38.5 Å². The molecule has 2 heterocycles. The second kappa shape index (κ2) is 9.25. The normalized spacial score (nSPS) is 23.0. The molecular formula is C17H29N3O2S. The van der Waals surface area contributed by atoms with Crippen molar-refractivity contribution in [2.75, 3.05) is 39.5 Å². The van der Waals surface area contributed by atoms with Crippen LogP contribution >= 0.6 is 11.3 Å². The molecule has 1 fully saturated rings. The van der Waals surface area contributed by atoms with Crippen molar-refractivity contribution >= 4 is 17.3 Å². The molecule has 1 aliphatic heterocycles. The van der Waals surface area contributed by atoms with Crippen molar-refractivity contribution in [1.82, 2.24) is 10.6 Å². The highest BCUT2D eigenvalue weighted by atomic mass is 32.1. The van der Waals surface area contributed by atoms with Crippen LogP contribution in [0.1, 0.15) is 38.2 Å². The van der Waals surface area contributed by atoms with Crippen LogP contribution in [0.2, 0.25) is 0 Å². The van der Waals surface area contributed by atoms with Gasteiger partial charge in [0.2, 0.25) is 0 Å². The van der Waals surface area contributed by atoms with E-state index in [1.54, 1.807) is 11.3 Å². The van der Waals surface area contributed by atoms with Crippen LogP contribution in [0.5, 0.6) is 0 Å². The lowest BCUT2D eigenvalue weighted by molar-refractivity contribution is 0.131. The fraction of sp³-hybridized carbons (Fsp3) is 0.706. The minimum absolute atomic E-state index is 0.00389. The molecule has 2 atom stereocenters. The molecule has 1 aromatic heterocycles. The van der Waals surface area contributed by atoms with Gasteiger partial charge in [-0.15, -0.1) is 0 Å². The molecule has 130 valence electrons. The standard InChI is InChI=1S/C17H29N3O2S/c1-3-18-16(19-10-14(2)15-4-9-23-11-15)20-12-17(5-7-21)6-8-22-13-17/h4,9,11,14,21H,3,5-8,10,12-13H2,1-2H3,(H2,18,19,20). The van der Waals surface area contributed by atoms with Crippen molar-refractivity contribution in [3.63, 3.8) is 0 Å². The highest BCUT2D eigenvalue weighted by molar-refractivity contribution is 7.07. The Balaban J connectivity index is 1.91. The molecule has 0 saturated carbocycles. The van der Waals surface area contributed by atoms with E-state index < -0.39 is 0 Å². The molecule has 2 rings (SSSR count). The molecule has 0 spiro atoms. The van der Waals surface area contributed by atoms with Crippen LogP contribution in [0.25, 0.3) is 0 Å². The van der Waals surface area contributed by atoms with Crippen molar-refractivity contribution in [2.45, 2.75) is 32.6 Å². The smallest absolute Gasteiger partial charge is 0.191 e. The predicted molar refractivity (Wildman–Crippen MR) is 96.3 cm³/mol. The lowest BCUT2D eigenvalue weighted by Crippen LogP contribution is -2.40. The first kappa shape index (κ1) is 18.2. The number of rotatable bonds is 8. The Morgan fingerprint density at radius 1 is 1.52 bits per heavy atom. The van der Waals surface area contributed by atoms with Gasteiger partial charge in [-0.2, -0.15) is 11.3 Å². The molecule has 23 heavy (non-hydrogen) atoms. The van der Waals surface area contributed by atoms with Crippen molar-refractivity contribution in [1.29, 1.82) is 0 Å². The molecule has 0 radical (unpaired) electrons. The topological polar surface area (TPSA) is 65.9 Å². The number of hydrogen-bond acceptors (Lipinski definition) is 4. The lowest BCUT2D eigenvalue weighted by atomic mass is 9.84. The summed E-state index contributed by atoms with van der Waals surface area (Å²) in [6.45, 7) is 8.33. The Labute approximate surface area is 143 Å². The second-order valence-electron chi connectivity index (χ2n) is 6.31. The van der Waals surface area contributed by atoms with Crippen molar-refractivity contribution in [3.8, 4) is 0 Å². The van der Waals surface area contributed by atoms with Gasteiger partial charge in [-0.05, 0) is 48.1 Å². The summed E-state index contributed by atoms with van der Waals surface area (Å²) < 4.78 is 5.53. The first-order chi connectivity index (χ1) is 11.2. The third kappa shape index (κ3) is 5.48. The van der Waals surface area contributed by atoms with Crippen LogP contribution in [0.4, 0.5) is 0 Å². The molecule has 6 heteroatoms. The van der Waals surface area contributed by atoms with Gasteiger partial charge in [0.05, 0.1) is 13.2 Å². The molecule has 1 aliphatic rings. The second-order valence-corrected chi connectivity index (χ2v) is 7.09. The SMILES string of the molecule is CCNC(=NCC1(CCO)CCOC1)NCC(C)c1ccsc1. The summed E-state index contributed by atoms with van der Waals surface area (Å²) in [6.07, 6.45) is 1.73. The maximum absolute atomic E-state index is 9.31.